The number of carbonyl (C=O) groups is 2. The highest BCUT2D eigenvalue weighted by Crippen LogP contribution is 2.34. The standard InChI is InChI=1S/C17H24N2O4/c20-12-11-19(17(23)18-10-4-9-16(21)22)15-8-3-6-13-5-1-2-7-14(13)15/h1-2,5,7,15,20H,3-4,6,8-12H2,(H,18,23)(H,21,22). The van der Waals surface area contributed by atoms with Crippen LogP contribution in [0.25, 0.3) is 0 Å². The quantitative estimate of drug-likeness (QED) is 0.670. The van der Waals surface area contributed by atoms with Crippen molar-refractivity contribution in [2.75, 3.05) is 19.7 Å². The van der Waals surface area contributed by atoms with Gasteiger partial charge < -0.3 is 20.4 Å². The van der Waals surface area contributed by atoms with E-state index in [2.05, 4.69) is 11.4 Å². The third-order valence-corrected chi connectivity index (χ3v) is 4.16. The summed E-state index contributed by atoms with van der Waals surface area (Å²) in [6, 6.07) is 7.82. The van der Waals surface area contributed by atoms with Crippen molar-refractivity contribution in [1.29, 1.82) is 0 Å². The molecular weight excluding hydrogens is 296 g/mol. The van der Waals surface area contributed by atoms with E-state index in [0.29, 0.717) is 13.0 Å². The molecule has 0 radical (unpaired) electrons. The molecule has 0 saturated carbocycles. The van der Waals surface area contributed by atoms with Gasteiger partial charge in [-0.1, -0.05) is 24.3 Å². The SMILES string of the molecule is O=C(O)CCCNC(=O)N(CCO)C1CCCc2ccccc21. The average Bonchev–Trinajstić information content (AvgIpc) is 2.56. The van der Waals surface area contributed by atoms with Crippen LogP contribution in [-0.2, 0) is 11.2 Å². The van der Waals surface area contributed by atoms with Crippen molar-refractivity contribution in [2.24, 2.45) is 0 Å². The number of hydrogen-bond donors (Lipinski definition) is 3. The maximum Gasteiger partial charge on any atom is 0.317 e. The van der Waals surface area contributed by atoms with Crippen LogP contribution in [0.5, 0.6) is 0 Å². The summed E-state index contributed by atoms with van der Waals surface area (Å²) in [6.45, 7) is 0.492. The topological polar surface area (TPSA) is 89.9 Å². The summed E-state index contributed by atoms with van der Waals surface area (Å²) in [7, 11) is 0. The molecule has 0 aliphatic heterocycles. The van der Waals surface area contributed by atoms with E-state index >= 15 is 0 Å². The number of fused-ring (bicyclic) bond motifs is 1. The van der Waals surface area contributed by atoms with Gasteiger partial charge in [-0.25, -0.2) is 4.79 Å². The molecule has 1 aliphatic carbocycles. The molecule has 1 atom stereocenters. The molecule has 6 nitrogen and oxygen atoms in total. The zero-order valence-corrected chi connectivity index (χ0v) is 13.2. The summed E-state index contributed by atoms with van der Waals surface area (Å²) >= 11 is 0. The van der Waals surface area contributed by atoms with Gasteiger partial charge in [-0.2, -0.15) is 0 Å². The molecule has 0 saturated heterocycles. The average molecular weight is 320 g/mol. The van der Waals surface area contributed by atoms with Crippen LogP contribution in [0.2, 0.25) is 0 Å². The Hall–Kier alpha value is -2.08. The third-order valence-electron chi connectivity index (χ3n) is 4.16. The van der Waals surface area contributed by atoms with Gasteiger partial charge in [0.05, 0.1) is 12.6 Å². The van der Waals surface area contributed by atoms with E-state index in [0.717, 1.165) is 24.8 Å². The van der Waals surface area contributed by atoms with E-state index in [1.807, 2.05) is 18.2 Å². The second-order valence-electron chi connectivity index (χ2n) is 5.75. The lowest BCUT2D eigenvalue weighted by Gasteiger charge is -2.35. The molecule has 6 heteroatoms. The number of aliphatic carboxylic acids is 1. The molecule has 0 spiro atoms. The zero-order valence-electron chi connectivity index (χ0n) is 13.2. The van der Waals surface area contributed by atoms with Crippen LogP contribution < -0.4 is 5.32 Å². The van der Waals surface area contributed by atoms with E-state index in [4.69, 9.17) is 5.11 Å². The second-order valence-corrected chi connectivity index (χ2v) is 5.75. The first-order valence-corrected chi connectivity index (χ1v) is 8.08. The molecule has 1 aromatic rings. The minimum atomic E-state index is -0.868. The highest BCUT2D eigenvalue weighted by atomic mass is 16.4. The van der Waals surface area contributed by atoms with Gasteiger partial charge in [-0.3, -0.25) is 4.79 Å². The van der Waals surface area contributed by atoms with Crippen molar-refractivity contribution in [3.8, 4) is 0 Å². The summed E-state index contributed by atoms with van der Waals surface area (Å²) < 4.78 is 0. The summed E-state index contributed by atoms with van der Waals surface area (Å²) in [5.41, 5.74) is 2.40. The number of aliphatic hydroxyl groups excluding tert-OH is 1. The minimum absolute atomic E-state index is 0.0343. The molecule has 3 N–H and O–H groups in total. The summed E-state index contributed by atoms with van der Waals surface area (Å²) in [6.07, 6.45) is 3.33. The van der Waals surface area contributed by atoms with Crippen LogP contribution in [0.15, 0.2) is 24.3 Å². The maximum atomic E-state index is 12.4. The summed E-state index contributed by atoms with van der Waals surface area (Å²) in [5, 5.41) is 20.7. The lowest BCUT2D eigenvalue weighted by molar-refractivity contribution is -0.137. The van der Waals surface area contributed by atoms with E-state index in [-0.39, 0.29) is 31.6 Å². The van der Waals surface area contributed by atoms with Crippen molar-refractivity contribution >= 4 is 12.0 Å². The van der Waals surface area contributed by atoms with E-state index in [1.54, 1.807) is 4.90 Å². The Morgan fingerprint density at radius 3 is 2.83 bits per heavy atom. The number of nitrogens with zero attached hydrogens (tertiary/aromatic N) is 1. The van der Waals surface area contributed by atoms with Gasteiger partial charge in [0, 0.05) is 19.5 Å². The zero-order chi connectivity index (χ0) is 16.7. The van der Waals surface area contributed by atoms with Crippen molar-refractivity contribution in [1.82, 2.24) is 10.2 Å². The first-order chi connectivity index (χ1) is 11.1. The van der Waals surface area contributed by atoms with Crippen molar-refractivity contribution in [3.63, 3.8) is 0 Å². The minimum Gasteiger partial charge on any atom is -0.481 e. The monoisotopic (exact) mass is 320 g/mol. The number of hydrogen-bond acceptors (Lipinski definition) is 3. The molecule has 2 rings (SSSR count). The Morgan fingerprint density at radius 1 is 1.30 bits per heavy atom. The van der Waals surface area contributed by atoms with Gasteiger partial charge in [0.1, 0.15) is 0 Å². The fourth-order valence-corrected chi connectivity index (χ4v) is 3.10. The number of carboxylic acid groups (broad SMARTS) is 1. The fourth-order valence-electron chi connectivity index (χ4n) is 3.10. The highest BCUT2D eigenvalue weighted by Gasteiger charge is 2.28. The molecule has 23 heavy (non-hydrogen) atoms. The highest BCUT2D eigenvalue weighted by molar-refractivity contribution is 5.75. The van der Waals surface area contributed by atoms with E-state index in [9.17, 15) is 14.7 Å². The number of amides is 2. The molecule has 1 aliphatic rings. The Morgan fingerprint density at radius 2 is 2.09 bits per heavy atom. The van der Waals surface area contributed by atoms with Crippen molar-refractivity contribution in [3.05, 3.63) is 35.4 Å². The van der Waals surface area contributed by atoms with Gasteiger partial charge in [-0.15, -0.1) is 0 Å². The predicted octanol–water partition coefficient (Wildman–Crippen LogP) is 1.93. The summed E-state index contributed by atoms with van der Waals surface area (Å²) in [4.78, 5) is 24.6. The summed E-state index contributed by atoms with van der Waals surface area (Å²) in [5.74, 6) is -0.868. The number of benzene rings is 1. The van der Waals surface area contributed by atoms with E-state index in [1.165, 1.54) is 5.56 Å². The largest absolute Gasteiger partial charge is 0.481 e. The van der Waals surface area contributed by atoms with Gasteiger partial charge in [-0.05, 0) is 36.8 Å². The Kier molecular flexibility index (Phi) is 6.40. The molecule has 1 aromatic carbocycles. The number of aliphatic hydroxyl groups is 1. The number of carboxylic acids is 1. The number of nitrogens with one attached hydrogen (secondary N) is 1. The number of aryl methyl sites for hydroxylation is 1. The van der Waals surface area contributed by atoms with Crippen LogP contribution in [0.1, 0.15) is 42.9 Å². The molecule has 126 valence electrons. The van der Waals surface area contributed by atoms with Crippen LogP contribution in [0.3, 0.4) is 0 Å². The first-order valence-electron chi connectivity index (χ1n) is 8.08. The Bertz CT molecular complexity index is 547. The lowest BCUT2D eigenvalue weighted by Crippen LogP contribution is -2.45. The number of urea groups is 1. The number of carbonyl (C=O) groups excluding carboxylic acids is 1. The van der Waals surface area contributed by atoms with Crippen LogP contribution in [-0.4, -0.2) is 46.8 Å². The van der Waals surface area contributed by atoms with Crippen LogP contribution in [0.4, 0.5) is 4.79 Å². The fraction of sp³-hybridized carbons (Fsp3) is 0.529. The number of rotatable bonds is 7. The van der Waals surface area contributed by atoms with Crippen molar-refractivity contribution in [2.45, 2.75) is 38.1 Å². The van der Waals surface area contributed by atoms with Crippen LogP contribution in [0, 0.1) is 0 Å². The Balaban J connectivity index is 2.03. The van der Waals surface area contributed by atoms with Gasteiger partial charge in [0.2, 0.25) is 0 Å². The molecule has 0 heterocycles. The second kappa shape index (κ2) is 8.53. The molecule has 0 aromatic heterocycles. The maximum absolute atomic E-state index is 12.4. The normalized spacial score (nSPS) is 16.5. The Labute approximate surface area is 136 Å². The third kappa shape index (κ3) is 4.69. The predicted molar refractivity (Wildman–Crippen MR) is 86.2 cm³/mol. The molecule has 1 unspecified atom stereocenters. The van der Waals surface area contributed by atoms with Gasteiger partial charge in [0.25, 0.3) is 0 Å². The smallest absolute Gasteiger partial charge is 0.317 e. The van der Waals surface area contributed by atoms with Gasteiger partial charge >= 0.3 is 12.0 Å². The lowest BCUT2D eigenvalue weighted by atomic mass is 9.87. The molecular formula is C17H24N2O4. The van der Waals surface area contributed by atoms with Crippen molar-refractivity contribution < 1.29 is 19.8 Å². The molecule has 2 amide bonds. The van der Waals surface area contributed by atoms with Crippen LogP contribution >= 0.6 is 0 Å². The molecule has 0 fully saturated rings. The van der Waals surface area contributed by atoms with E-state index < -0.39 is 5.97 Å². The first kappa shape index (κ1) is 17.3. The van der Waals surface area contributed by atoms with Gasteiger partial charge in [0.15, 0.2) is 0 Å². The molecule has 0 bridgehead atoms.